The van der Waals surface area contributed by atoms with Crippen LogP contribution in [0.5, 0.6) is 0 Å². The van der Waals surface area contributed by atoms with Gasteiger partial charge in [-0.15, -0.1) is 11.3 Å². The number of carbonyl (C=O) groups excluding carboxylic acids is 1. The van der Waals surface area contributed by atoms with Crippen LogP contribution in [0, 0.1) is 11.3 Å². The molecular formula is C16H18N2O3S. The van der Waals surface area contributed by atoms with Crippen molar-refractivity contribution in [2.75, 3.05) is 0 Å². The monoisotopic (exact) mass is 318 g/mol. The molecule has 0 fully saturated rings. The maximum Gasteiger partial charge on any atom is 0.339 e. The molecule has 116 valence electrons. The molecule has 0 bridgehead atoms. The lowest BCUT2D eigenvalue weighted by Crippen LogP contribution is -2.30. The molecule has 1 aromatic heterocycles. The van der Waals surface area contributed by atoms with Gasteiger partial charge in [-0.2, -0.15) is 5.26 Å². The zero-order chi connectivity index (χ0) is 16.5. The van der Waals surface area contributed by atoms with Crippen molar-refractivity contribution in [3.63, 3.8) is 0 Å². The Hall–Kier alpha value is -2.26. The van der Waals surface area contributed by atoms with Crippen LogP contribution in [0.3, 0.4) is 0 Å². The van der Waals surface area contributed by atoms with Crippen molar-refractivity contribution in [3.05, 3.63) is 45.2 Å². The predicted octanol–water partition coefficient (Wildman–Crippen LogP) is 3.17. The number of rotatable bonds is 2. The van der Waals surface area contributed by atoms with E-state index in [-0.39, 0.29) is 11.5 Å². The molecule has 0 aromatic carbocycles. The number of carbonyl (C=O) groups is 1. The van der Waals surface area contributed by atoms with Gasteiger partial charge < -0.3 is 15.2 Å². The lowest BCUT2D eigenvalue weighted by molar-refractivity contribution is -0.150. The van der Waals surface area contributed by atoms with Crippen LogP contribution < -0.4 is 5.73 Å². The molecule has 1 atom stereocenters. The average molecular weight is 318 g/mol. The molecule has 22 heavy (non-hydrogen) atoms. The molecule has 6 heteroatoms. The Balaban J connectivity index is 2.52. The summed E-state index contributed by atoms with van der Waals surface area (Å²) in [6, 6.07) is 5.78. The lowest BCUT2D eigenvalue weighted by Gasteiger charge is -2.28. The van der Waals surface area contributed by atoms with Crippen molar-refractivity contribution in [1.29, 1.82) is 5.26 Å². The van der Waals surface area contributed by atoms with Crippen LogP contribution in [-0.2, 0) is 14.3 Å². The van der Waals surface area contributed by atoms with E-state index < -0.39 is 17.5 Å². The number of ether oxygens (including phenoxy) is 2. The number of thiophene rings is 1. The largest absolute Gasteiger partial charge is 0.456 e. The van der Waals surface area contributed by atoms with Gasteiger partial charge in [0.15, 0.2) is 0 Å². The number of allylic oxidation sites excluding steroid dienone is 2. The third-order valence-corrected chi connectivity index (χ3v) is 3.99. The fraction of sp³-hybridized carbons (Fsp3) is 0.375. The van der Waals surface area contributed by atoms with E-state index in [2.05, 4.69) is 6.07 Å². The Labute approximate surface area is 133 Å². The molecule has 5 nitrogen and oxygen atoms in total. The highest BCUT2D eigenvalue weighted by atomic mass is 32.1. The molecular weight excluding hydrogens is 300 g/mol. The summed E-state index contributed by atoms with van der Waals surface area (Å²) in [6.07, 6.45) is 0. The van der Waals surface area contributed by atoms with Gasteiger partial charge in [0.25, 0.3) is 0 Å². The second-order valence-electron chi connectivity index (χ2n) is 5.91. The molecule has 0 aliphatic carbocycles. The van der Waals surface area contributed by atoms with Crippen molar-refractivity contribution in [1.82, 2.24) is 0 Å². The van der Waals surface area contributed by atoms with Gasteiger partial charge in [0.2, 0.25) is 5.88 Å². The van der Waals surface area contributed by atoms with Crippen molar-refractivity contribution in [3.8, 4) is 6.07 Å². The summed E-state index contributed by atoms with van der Waals surface area (Å²) in [7, 11) is 0. The third-order valence-electron chi connectivity index (χ3n) is 3.05. The predicted molar refractivity (Wildman–Crippen MR) is 83.5 cm³/mol. The van der Waals surface area contributed by atoms with Crippen molar-refractivity contribution in [2.45, 2.75) is 39.2 Å². The summed E-state index contributed by atoms with van der Waals surface area (Å²) in [5, 5.41) is 11.3. The first kappa shape index (κ1) is 16.1. The molecule has 1 unspecified atom stereocenters. The highest BCUT2D eigenvalue weighted by molar-refractivity contribution is 7.10. The van der Waals surface area contributed by atoms with Crippen LogP contribution in [0.15, 0.2) is 40.3 Å². The summed E-state index contributed by atoms with van der Waals surface area (Å²) < 4.78 is 10.8. The summed E-state index contributed by atoms with van der Waals surface area (Å²) in [6.45, 7) is 7.03. The van der Waals surface area contributed by atoms with Gasteiger partial charge in [-0.25, -0.2) is 4.79 Å². The number of hydrogen-bond acceptors (Lipinski definition) is 6. The summed E-state index contributed by atoms with van der Waals surface area (Å²) >= 11 is 1.45. The van der Waals surface area contributed by atoms with Gasteiger partial charge in [-0.3, -0.25) is 0 Å². The Kier molecular flexibility index (Phi) is 4.29. The molecule has 0 radical (unpaired) electrons. The highest BCUT2D eigenvalue weighted by Crippen LogP contribution is 2.41. The first-order valence-electron chi connectivity index (χ1n) is 6.79. The third kappa shape index (κ3) is 3.15. The fourth-order valence-electron chi connectivity index (χ4n) is 2.22. The SMILES string of the molecule is CC1=C(C(=O)OC(C)(C)C)C(c2cccs2)C(C#N)=C(N)O1. The van der Waals surface area contributed by atoms with E-state index in [1.807, 2.05) is 17.5 Å². The van der Waals surface area contributed by atoms with Crippen LogP contribution in [0.4, 0.5) is 0 Å². The Morgan fingerprint density at radius 2 is 2.18 bits per heavy atom. The molecule has 1 aliphatic heterocycles. The Morgan fingerprint density at radius 3 is 2.68 bits per heavy atom. The van der Waals surface area contributed by atoms with E-state index in [1.54, 1.807) is 27.7 Å². The van der Waals surface area contributed by atoms with Crippen LogP contribution in [0.2, 0.25) is 0 Å². The number of hydrogen-bond donors (Lipinski definition) is 1. The smallest absolute Gasteiger partial charge is 0.339 e. The second-order valence-corrected chi connectivity index (χ2v) is 6.89. The molecule has 0 saturated carbocycles. The molecule has 0 spiro atoms. The first-order chi connectivity index (χ1) is 10.2. The Bertz CT molecular complexity index is 688. The van der Waals surface area contributed by atoms with Gasteiger partial charge in [-0.05, 0) is 39.1 Å². The van der Waals surface area contributed by atoms with Crippen LogP contribution in [0.1, 0.15) is 38.5 Å². The minimum Gasteiger partial charge on any atom is -0.456 e. The normalized spacial score (nSPS) is 18.8. The average Bonchev–Trinajstić information content (AvgIpc) is 2.88. The van der Waals surface area contributed by atoms with E-state index >= 15 is 0 Å². The molecule has 1 aliphatic rings. The second kappa shape index (κ2) is 5.85. The van der Waals surface area contributed by atoms with E-state index in [9.17, 15) is 10.1 Å². The number of esters is 1. The number of nitrogens with zero attached hydrogens (tertiary/aromatic N) is 1. The van der Waals surface area contributed by atoms with E-state index in [0.717, 1.165) is 4.88 Å². The van der Waals surface area contributed by atoms with E-state index in [1.165, 1.54) is 11.3 Å². The standard InChI is InChI=1S/C16H18N2O3S/c1-9-12(15(19)21-16(2,3)4)13(11-6-5-7-22-11)10(8-17)14(18)20-9/h5-7,13H,18H2,1-4H3. The maximum absolute atomic E-state index is 12.6. The van der Waals surface area contributed by atoms with E-state index in [4.69, 9.17) is 15.2 Å². The highest BCUT2D eigenvalue weighted by Gasteiger charge is 2.38. The van der Waals surface area contributed by atoms with Gasteiger partial charge >= 0.3 is 5.97 Å². The lowest BCUT2D eigenvalue weighted by atomic mass is 9.87. The van der Waals surface area contributed by atoms with Crippen molar-refractivity contribution >= 4 is 17.3 Å². The molecule has 2 rings (SSSR count). The van der Waals surface area contributed by atoms with E-state index in [0.29, 0.717) is 11.3 Å². The molecule has 2 N–H and O–H groups in total. The fourth-order valence-corrected chi connectivity index (χ4v) is 3.06. The van der Waals surface area contributed by atoms with Gasteiger partial charge in [-0.1, -0.05) is 6.07 Å². The maximum atomic E-state index is 12.6. The van der Waals surface area contributed by atoms with Gasteiger partial charge in [0.1, 0.15) is 23.0 Å². The number of nitrogens with two attached hydrogens (primary N) is 1. The van der Waals surface area contributed by atoms with Crippen molar-refractivity contribution < 1.29 is 14.3 Å². The molecule has 0 saturated heterocycles. The zero-order valence-electron chi connectivity index (χ0n) is 13.0. The zero-order valence-corrected chi connectivity index (χ0v) is 13.8. The van der Waals surface area contributed by atoms with Crippen LogP contribution >= 0.6 is 11.3 Å². The number of nitriles is 1. The summed E-state index contributed by atoms with van der Waals surface area (Å²) in [5.41, 5.74) is 5.74. The Morgan fingerprint density at radius 1 is 1.50 bits per heavy atom. The summed E-state index contributed by atoms with van der Waals surface area (Å²) in [4.78, 5) is 13.4. The first-order valence-corrected chi connectivity index (χ1v) is 7.67. The summed E-state index contributed by atoms with van der Waals surface area (Å²) in [5.74, 6) is -0.646. The van der Waals surface area contributed by atoms with Gasteiger partial charge in [0.05, 0.1) is 11.5 Å². The topological polar surface area (TPSA) is 85.3 Å². The van der Waals surface area contributed by atoms with Crippen LogP contribution in [0.25, 0.3) is 0 Å². The van der Waals surface area contributed by atoms with Gasteiger partial charge in [0, 0.05) is 4.88 Å². The minimum atomic E-state index is -0.635. The molecule has 0 amide bonds. The molecule has 2 heterocycles. The van der Waals surface area contributed by atoms with Crippen molar-refractivity contribution in [2.24, 2.45) is 5.73 Å². The quantitative estimate of drug-likeness (QED) is 0.846. The van der Waals surface area contributed by atoms with Crippen LogP contribution in [-0.4, -0.2) is 11.6 Å². The molecule has 1 aromatic rings. The minimum absolute atomic E-state index is 0.0331.